The minimum atomic E-state index is 0.230. The first-order valence-corrected chi connectivity index (χ1v) is 13.2. The van der Waals surface area contributed by atoms with Crippen molar-refractivity contribution in [2.45, 2.75) is 25.4 Å². The predicted molar refractivity (Wildman–Crippen MR) is 150 cm³/mol. The van der Waals surface area contributed by atoms with E-state index >= 15 is 0 Å². The summed E-state index contributed by atoms with van der Waals surface area (Å²) >= 11 is 13.2. The fourth-order valence-electron chi connectivity index (χ4n) is 4.56. The summed E-state index contributed by atoms with van der Waals surface area (Å²) in [6.45, 7) is 4.28. The molecule has 196 valence electrons. The van der Waals surface area contributed by atoms with Gasteiger partial charge in [-0.1, -0.05) is 23.2 Å². The van der Waals surface area contributed by atoms with Gasteiger partial charge < -0.3 is 29.3 Å². The molecule has 2 aromatic carbocycles. The van der Waals surface area contributed by atoms with Gasteiger partial charge in [0, 0.05) is 43.5 Å². The zero-order valence-electron chi connectivity index (χ0n) is 21.4. The summed E-state index contributed by atoms with van der Waals surface area (Å²) in [5.41, 5.74) is 3.82. The summed E-state index contributed by atoms with van der Waals surface area (Å²) in [6.07, 6.45) is 3.95. The first-order valence-electron chi connectivity index (χ1n) is 12.5. The third-order valence-corrected chi connectivity index (χ3v) is 7.80. The van der Waals surface area contributed by atoms with E-state index in [1.165, 1.54) is 0 Å². The van der Waals surface area contributed by atoms with Crippen LogP contribution in [0.1, 0.15) is 29.9 Å². The molecule has 2 aliphatic rings. The van der Waals surface area contributed by atoms with Gasteiger partial charge >= 0.3 is 0 Å². The standard InChI is InChI=1S/C28H32Cl2N4O3/c1-33-10-12-34(13-11-33)23-8-6-19(14-24(23)35-2)32-26-9-7-20(16-31-26)37-17-22-27(29)21(18-4-5-18)15-25(36-3)28(22)30/h6-9,14-16,18H,4-5,10-13,17H2,1-3H3,(H,31,32). The van der Waals surface area contributed by atoms with Crippen LogP contribution in [0.3, 0.4) is 0 Å². The molecule has 7 nitrogen and oxygen atoms in total. The zero-order valence-corrected chi connectivity index (χ0v) is 22.9. The molecule has 0 unspecified atom stereocenters. The number of hydrogen-bond acceptors (Lipinski definition) is 7. The Labute approximate surface area is 228 Å². The summed E-state index contributed by atoms with van der Waals surface area (Å²) in [7, 11) is 5.47. The van der Waals surface area contributed by atoms with Crippen molar-refractivity contribution in [3.05, 3.63) is 63.8 Å². The molecule has 1 saturated carbocycles. The SMILES string of the molecule is COc1cc(Nc2ccc(OCc3c(Cl)c(OC)cc(C4CC4)c3Cl)cn2)ccc1N1CCN(C)CC1. The minimum absolute atomic E-state index is 0.230. The van der Waals surface area contributed by atoms with E-state index < -0.39 is 0 Å². The highest BCUT2D eigenvalue weighted by atomic mass is 35.5. The van der Waals surface area contributed by atoms with Crippen LogP contribution in [0.2, 0.25) is 10.0 Å². The second-order valence-corrected chi connectivity index (χ2v) is 10.3. The Morgan fingerprint density at radius 2 is 1.70 bits per heavy atom. The van der Waals surface area contributed by atoms with Gasteiger partial charge in [0.25, 0.3) is 0 Å². The van der Waals surface area contributed by atoms with Crippen LogP contribution in [0.5, 0.6) is 17.2 Å². The van der Waals surface area contributed by atoms with Crippen molar-refractivity contribution in [2.75, 3.05) is 57.7 Å². The number of rotatable bonds is 9. The third kappa shape index (κ3) is 5.84. The third-order valence-electron chi connectivity index (χ3n) is 6.94. The molecule has 0 atom stereocenters. The Morgan fingerprint density at radius 3 is 2.35 bits per heavy atom. The number of pyridine rings is 1. The van der Waals surface area contributed by atoms with Crippen molar-refractivity contribution in [1.29, 1.82) is 0 Å². The lowest BCUT2D eigenvalue weighted by atomic mass is 10.1. The Kier molecular flexibility index (Phi) is 7.84. The highest BCUT2D eigenvalue weighted by Gasteiger charge is 2.29. The van der Waals surface area contributed by atoms with E-state index in [9.17, 15) is 0 Å². The normalized spacial score (nSPS) is 16.0. The smallest absolute Gasteiger partial charge is 0.144 e. The maximum absolute atomic E-state index is 6.69. The first-order chi connectivity index (χ1) is 18.0. The van der Waals surface area contributed by atoms with Crippen LogP contribution in [0, 0.1) is 0 Å². The van der Waals surface area contributed by atoms with Gasteiger partial charge in [0.2, 0.25) is 0 Å². The van der Waals surface area contributed by atoms with Crippen molar-refractivity contribution in [1.82, 2.24) is 9.88 Å². The monoisotopic (exact) mass is 542 g/mol. The highest BCUT2D eigenvalue weighted by Crippen LogP contribution is 2.48. The topological polar surface area (TPSA) is 59.1 Å². The number of methoxy groups -OCH3 is 2. The zero-order chi connectivity index (χ0) is 25.9. The van der Waals surface area contributed by atoms with Gasteiger partial charge in [0.15, 0.2) is 0 Å². The van der Waals surface area contributed by atoms with Crippen LogP contribution in [-0.2, 0) is 6.61 Å². The Balaban J connectivity index is 1.24. The van der Waals surface area contributed by atoms with E-state index in [1.54, 1.807) is 20.4 Å². The summed E-state index contributed by atoms with van der Waals surface area (Å²) in [6, 6.07) is 11.8. The van der Waals surface area contributed by atoms with Gasteiger partial charge in [-0.15, -0.1) is 0 Å². The molecule has 37 heavy (non-hydrogen) atoms. The fourth-order valence-corrected chi connectivity index (χ4v) is 5.25. The Hall–Kier alpha value is -2.87. The van der Waals surface area contributed by atoms with E-state index in [2.05, 4.69) is 33.2 Å². The number of nitrogens with one attached hydrogen (secondary N) is 1. The van der Waals surface area contributed by atoms with E-state index in [4.69, 9.17) is 37.4 Å². The van der Waals surface area contributed by atoms with Crippen molar-refractivity contribution < 1.29 is 14.2 Å². The molecular weight excluding hydrogens is 511 g/mol. The van der Waals surface area contributed by atoms with Crippen molar-refractivity contribution in [2.24, 2.45) is 0 Å². The number of hydrogen-bond donors (Lipinski definition) is 1. The number of piperazine rings is 1. The van der Waals surface area contributed by atoms with Crippen molar-refractivity contribution in [3.63, 3.8) is 0 Å². The average molecular weight is 543 g/mol. The molecular formula is C28H32Cl2N4O3. The largest absolute Gasteiger partial charge is 0.495 e. The lowest BCUT2D eigenvalue weighted by molar-refractivity contribution is 0.304. The summed E-state index contributed by atoms with van der Waals surface area (Å²) in [5, 5.41) is 4.49. The number of likely N-dealkylation sites (N-methyl/N-ethyl adjacent to an activating group) is 1. The van der Waals surface area contributed by atoms with Gasteiger partial charge in [-0.3, -0.25) is 0 Å². The van der Waals surface area contributed by atoms with Crippen LogP contribution in [0.4, 0.5) is 17.2 Å². The Morgan fingerprint density at radius 1 is 0.946 bits per heavy atom. The molecule has 5 rings (SSSR count). The molecule has 0 radical (unpaired) electrons. The molecule has 0 spiro atoms. The molecule has 1 aromatic heterocycles. The number of benzene rings is 2. The lowest BCUT2D eigenvalue weighted by Crippen LogP contribution is -2.44. The van der Waals surface area contributed by atoms with Gasteiger partial charge in [-0.2, -0.15) is 0 Å². The fraction of sp³-hybridized carbons (Fsp3) is 0.393. The molecule has 3 aromatic rings. The molecule has 9 heteroatoms. The van der Waals surface area contributed by atoms with Crippen LogP contribution >= 0.6 is 23.2 Å². The van der Waals surface area contributed by atoms with Gasteiger partial charge in [0.1, 0.15) is 29.7 Å². The van der Waals surface area contributed by atoms with E-state index in [-0.39, 0.29) is 6.61 Å². The lowest BCUT2D eigenvalue weighted by Gasteiger charge is -2.34. The van der Waals surface area contributed by atoms with E-state index in [1.807, 2.05) is 30.3 Å². The maximum atomic E-state index is 6.69. The number of halogens is 2. The van der Waals surface area contributed by atoms with Crippen LogP contribution in [0.15, 0.2) is 42.6 Å². The molecule has 1 N–H and O–H groups in total. The second kappa shape index (κ2) is 11.3. The van der Waals surface area contributed by atoms with Crippen LogP contribution in [-0.4, -0.2) is 57.3 Å². The average Bonchev–Trinajstić information content (AvgIpc) is 3.76. The van der Waals surface area contributed by atoms with Crippen LogP contribution in [0.25, 0.3) is 0 Å². The van der Waals surface area contributed by atoms with Crippen molar-refractivity contribution in [3.8, 4) is 17.2 Å². The van der Waals surface area contributed by atoms with Gasteiger partial charge in [-0.05, 0) is 61.7 Å². The molecule has 0 amide bonds. The van der Waals surface area contributed by atoms with Crippen molar-refractivity contribution >= 4 is 40.4 Å². The molecule has 1 aliphatic heterocycles. The Bertz CT molecular complexity index is 1240. The second-order valence-electron chi connectivity index (χ2n) is 9.52. The minimum Gasteiger partial charge on any atom is -0.495 e. The molecule has 1 aliphatic carbocycles. The number of anilines is 3. The molecule has 2 heterocycles. The van der Waals surface area contributed by atoms with Gasteiger partial charge in [-0.25, -0.2) is 4.98 Å². The number of nitrogens with zero attached hydrogens (tertiary/aromatic N) is 3. The quantitative estimate of drug-likeness (QED) is 0.337. The van der Waals surface area contributed by atoms with Gasteiger partial charge in [0.05, 0.1) is 36.1 Å². The first kappa shape index (κ1) is 25.8. The molecule has 0 bridgehead atoms. The van der Waals surface area contributed by atoms with Crippen LogP contribution < -0.4 is 24.4 Å². The molecule has 1 saturated heterocycles. The van der Waals surface area contributed by atoms with E-state index in [0.717, 1.165) is 67.3 Å². The number of ether oxygens (including phenoxy) is 3. The summed E-state index contributed by atoms with van der Waals surface area (Å²) in [5.74, 6) is 3.26. The number of aromatic nitrogens is 1. The maximum Gasteiger partial charge on any atom is 0.144 e. The summed E-state index contributed by atoms with van der Waals surface area (Å²) in [4.78, 5) is 9.21. The summed E-state index contributed by atoms with van der Waals surface area (Å²) < 4.78 is 17.2. The molecule has 2 fully saturated rings. The predicted octanol–water partition coefficient (Wildman–Crippen LogP) is 6.36. The van der Waals surface area contributed by atoms with E-state index in [0.29, 0.717) is 33.3 Å². The highest BCUT2D eigenvalue weighted by molar-refractivity contribution is 6.37.